The fourth-order valence-corrected chi connectivity index (χ4v) is 3.24. The second-order valence-corrected chi connectivity index (χ2v) is 6.56. The van der Waals surface area contributed by atoms with Gasteiger partial charge in [0.15, 0.2) is 0 Å². The minimum atomic E-state index is -4.57. The lowest BCUT2D eigenvalue weighted by Crippen LogP contribution is -2.29. The first-order chi connectivity index (χ1) is 12.0. The Bertz CT molecular complexity index is 795. The van der Waals surface area contributed by atoms with Gasteiger partial charge >= 0.3 is 6.18 Å². The monoisotopic (exact) mass is 368 g/mol. The molecule has 1 amide bonds. The van der Waals surface area contributed by atoms with E-state index >= 15 is 0 Å². The van der Waals surface area contributed by atoms with Crippen LogP contribution in [0.15, 0.2) is 30.3 Å². The molecule has 1 aromatic carbocycles. The van der Waals surface area contributed by atoms with Crippen molar-refractivity contribution in [2.45, 2.75) is 46.0 Å². The summed E-state index contributed by atoms with van der Waals surface area (Å²) in [6, 6.07) is 6.73. The number of halogens is 3. The molecule has 2 rings (SSSR count). The van der Waals surface area contributed by atoms with E-state index in [1.54, 1.807) is 6.07 Å². The summed E-state index contributed by atoms with van der Waals surface area (Å²) in [4.78, 5) is 12.4. The first-order valence-electron chi connectivity index (χ1n) is 8.34. The summed E-state index contributed by atoms with van der Waals surface area (Å²) in [6.07, 6.45) is -6.02. The number of rotatable bonds is 5. The molecule has 0 saturated carbocycles. The zero-order valence-corrected chi connectivity index (χ0v) is 15.2. The fraction of sp³-hybridized carbons (Fsp3) is 0.421. The van der Waals surface area contributed by atoms with Crippen molar-refractivity contribution in [2.24, 2.45) is 0 Å². The summed E-state index contributed by atoms with van der Waals surface area (Å²) in [5.41, 5.74) is 0.992. The van der Waals surface area contributed by atoms with Crippen LogP contribution in [0.25, 0.3) is 0 Å². The highest BCUT2D eigenvalue weighted by Crippen LogP contribution is 2.34. The molecule has 1 atom stereocenters. The summed E-state index contributed by atoms with van der Waals surface area (Å²) in [6.45, 7) is 7.39. The van der Waals surface area contributed by atoms with Crippen LogP contribution in [0.1, 0.15) is 58.9 Å². The second kappa shape index (κ2) is 7.53. The number of aliphatic hydroxyl groups excluding tert-OH is 1. The summed E-state index contributed by atoms with van der Waals surface area (Å²) >= 11 is 0. The van der Waals surface area contributed by atoms with E-state index in [9.17, 15) is 23.1 Å². The quantitative estimate of drug-likeness (QED) is 0.832. The zero-order chi connectivity index (χ0) is 19.6. The zero-order valence-electron chi connectivity index (χ0n) is 15.2. The molecule has 0 saturated heterocycles. The number of aliphatic hydroxyl groups is 1. The molecule has 2 N–H and O–H groups in total. The Balaban J connectivity index is 2.15. The van der Waals surface area contributed by atoms with Crippen LogP contribution in [0.4, 0.5) is 13.2 Å². The average Bonchev–Trinajstić information content (AvgIpc) is 2.86. The number of amides is 1. The van der Waals surface area contributed by atoms with E-state index in [1.807, 2.05) is 32.3 Å². The Morgan fingerprint density at radius 2 is 1.85 bits per heavy atom. The van der Waals surface area contributed by atoms with E-state index in [0.29, 0.717) is 5.56 Å². The third-order valence-electron chi connectivity index (χ3n) is 4.33. The Kier molecular flexibility index (Phi) is 5.81. The van der Waals surface area contributed by atoms with E-state index in [1.165, 1.54) is 18.2 Å². The molecule has 1 aromatic heterocycles. The number of nitrogens with zero attached hydrogens (tertiary/aromatic N) is 1. The number of hydrogen-bond donors (Lipinski definition) is 2. The highest BCUT2D eigenvalue weighted by atomic mass is 19.4. The van der Waals surface area contributed by atoms with Gasteiger partial charge in [0.2, 0.25) is 0 Å². The highest BCUT2D eigenvalue weighted by molar-refractivity contribution is 5.95. The van der Waals surface area contributed by atoms with Crippen LogP contribution in [-0.4, -0.2) is 22.1 Å². The minimum Gasteiger partial charge on any atom is -0.387 e. The van der Waals surface area contributed by atoms with Crippen molar-refractivity contribution in [2.75, 3.05) is 6.54 Å². The van der Waals surface area contributed by atoms with Gasteiger partial charge in [-0.25, -0.2) is 0 Å². The van der Waals surface area contributed by atoms with E-state index in [2.05, 4.69) is 5.32 Å². The number of alkyl halides is 3. The SMILES string of the molecule is Cc1cc(C(=O)NCC(O)c2ccccc2C(F)(F)F)c(C)n1C(C)C. The summed E-state index contributed by atoms with van der Waals surface area (Å²) in [5, 5.41) is 12.7. The summed E-state index contributed by atoms with van der Waals surface area (Å²) < 4.78 is 41.1. The van der Waals surface area contributed by atoms with Crippen LogP contribution in [0, 0.1) is 13.8 Å². The van der Waals surface area contributed by atoms with Crippen LogP contribution in [0.5, 0.6) is 0 Å². The molecule has 0 bridgehead atoms. The molecule has 0 spiro atoms. The van der Waals surface area contributed by atoms with Crippen LogP contribution >= 0.6 is 0 Å². The number of carbonyl (C=O) groups excluding carboxylic acids is 1. The first-order valence-corrected chi connectivity index (χ1v) is 8.34. The highest BCUT2D eigenvalue weighted by Gasteiger charge is 2.34. The largest absolute Gasteiger partial charge is 0.416 e. The predicted molar refractivity (Wildman–Crippen MR) is 93.0 cm³/mol. The van der Waals surface area contributed by atoms with Gasteiger partial charge in [0, 0.05) is 24.0 Å². The van der Waals surface area contributed by atoms with Crippen LogP contribution < -0.4 is 5.32 Å². The standard InChI is InChI=1S/C19H23F3N2O2/c1-11(2)24-12(3)9-15(13(24)4)18(26)23-10-17(25)14-7-5-6-8-16(14)19(20,21)22/h5-9,11,17,25H,10H2,1-4H3,(H,23,26). The van der Waals surface area contributed by atoms with Gasteiger partial charge in [-0.1, -0.05) is 18.2 Å². The molecular weight excluding hydrogens is 345 g/mol. The third-order valence-corrected chi connectivity index (χ3v) is 4.33. The van der Waals surface area contributed by atoms with Crippen molar-refractivity contribution < 1.29 is 23.1 Å². The summed E-state index contributed by atoms with van der Waals surface area (Å²) in [5.74, 6) is -0.423. The Morgan fingerprint density at radius 1 is 1.23 bits per heavy atom. The van der Waals surface area contributed by atoms with Gasteiger partial charge in [0.1, 0.15) is 0 Å². The van der Waals surface area contributed by atoms with Gasteiger partial charge in [0.05, 0.1) is 17.2 Å². The fourth-order valence-electron chi connectivity index (χ4n) is 3.24. The number of hydrogen-bond acceptors (Lipinski definition) is 2. The molecular formula is C19H23F3N2O2. The molecule has 0 aliphatic carbocycles. The van der Waals surface area contributed by atoms with Crippen LogP contribution in [-0.2, 0) is 6.18 Å². The molecule has 0 aliphatic rings. The van der Waals surface area contributed by atoms with Gasteiger partial charge in [-0.15, -0.1) is 0 Å². The predicted octanol–water partition coefficient (Wildman–Crippen LogP) is 4.17. The maximum atomic E-state index is 13.0. The maximum Gasteiger partial charge on any atom is 0.416 e. The van der Waals surface area contributed by atoms with Crippen molar-refractivity contribution in [3.05, 3.63) is 58.4 Å². The van der Waals surface area contributed by atoms with Gasteiger partial charge < -0.3 is 15.0 Å². The summed E-state index contributed by atoms with van der Waals surface area (Å²) in [7, 11) is 0. The van der Waals surface area contributed by atoms with Crippen LogP contribution in [0.2, 0.25) is 0 Å². The molecule has 142 valence electrons. The van der Waals surface area contributed by atoms with E-state index in [0.717, 1.165) is 17.5 Å². The van der Waals surface area contributed by atoms with E-state index in [-0.39, 0.29) is 18.2 Å². The lowest BCUT2D eigenvalue weighted by atomic mass is 10.0. The number of nitrogens with one attached hydrogen (secondary N) is 1. The van der Waals surface area contributed by atoms with Crippen LogP contribution in [0.3, 0.4) is 0 Å². The van der Waals surface area contributed by atoms with Gasteiger partial charge in [-0.05, 0) is 45.4 Å². The molecule has 0 aliphatic heterocycles. The molecule has 0 radical (unpaired) electrons. The normalized spacial score (nSPS) is 13.1. The number of aryl methyl sites for hydroxylation is 1. The topological polar surface area (TPSA) is 54.3 Å². The molecule has 1 heterocycles. The molecule has 7 heteroatoms. The first kappa shape index (κ1) is 20.0. The van der Waals surface area contributed by atoms with Gasteiger partial charge in [-0.3, -0.25) is 4.79 Å². The second-order valence-electron chi connectivity index (χ2n) is 6.56. The van der Waals surface area contributed by atoms with E-state index < -0.39 is 23.8 Å². The van der Waals surface area contributed by atoms with Crippen molar-refractivity contribution >= 4 is 5.91 Å². The Morgan fingerprint density at radius 3 is 2.38 bits per heavy atom. The minimum absolute atomic E-state index is 0.181. The molecule has 2 aromatic rings. The van der Waals surface area contributed by atoms with E-state index in [4.69, 9.17) is 0 Å². The van der Waals surface area contributed by atoms with Crippen molar-refractivity contribution in [3.8, 4) is 0 Å². The molecule has 4 nitrogen and oxygen atoms in total. The number of aromatic nitrogens is 1. The van der Waals surface area contributed by atoms with Gasteiger partial charge in [0.25, 0.3) is 5.91 Å². The lowest BCUT2D eigenvalue weighted by Gasteiger charge is -2.18. The maximum absolute atomic E-state index is 13.0. The number of benzene rings is 1. The van der Waals surface area contributed by atoms with Crippen molar-refractivity contribution in [1.82, 2.24) is 9.88 Å². The van der Waals surface area contributed by atoms with Crippen molar-refractivity contribution in [1.29, 1.82) is 0 Å². The molecule has 26 heavy (non-hydrogen) atoms. The van der Waals surface area contributed by atoms with Gasteiger partial charge in [-0.2, -0.15) is 13.2 Å². The molecule has 1 unspecified atom stereocenters. The number of carbonyl (C=O) groups is 1. The smallest absolute Gasteiger partial charge is 0.387 e. The Labute approximate surface area is 150 Å². The molecule has 0 fully saturated rings. The average molecular weight is 368 g/mol. The third kappa shape index (κ3) is 4.09. The van der Waals surface area contributed by atoms with Crippen molar-refractivity contribution in [3.63, 3.8) is 0 Å². The Hall–Kier alpha value is -2.28. The lowest BCUT2D eigenvalue weighted by molar-refractivity contribution is -0.139.